The summed E-state index contributed by atoms with van der Waals surface area (Å²) >= 11 is 9.38. The molecule has 1 aromatic heterocycles. The van der Waals surface area contributed by atoms with Crippen LogP contribution in [0.2, 0.25) is 5.02 Å². The lowest BCUT2D eigenvalue weighted by molar-refractivity contribution is -0.383. The summed E-state index contributed by atoms with van der Waals surface area (Å²) in [6, 6.07) is 11.7. The minimum absolute atomic E-state index is 0.0506. The van der Waals surface area contributed by atoms with Gasteiger partial charge in [-0.3, -0.25) is 25.8 Å². The summed E-state index contributed by atoms with van der Waals surface area (Å²) in [6.07, 6.45) is 1.14. The van der Waals surface area contributed by atoms with Crippen molar-refractivity contribution in [2.24, 2.45) is 0 Å². The standard InChI is InChI=1S/C18H14BrClN6O3/c1-10-2-7-13(8-14(10)20)23-16-15(26(28)29)17(22-9-21-16)24-25-18(27)11-3-5-12(19)6-4-11/h2-9H,1H3,(H,25,27)(H2,21,22,23,24). The van der Waals surface area contributed by atoms with Crippen LogP contribution in [0, 0.1) is 17.0 Å². The predicted octanol–water partition coefficient (Wildman–Crippen LogP) is 4.61. The van der Waals surface area contributed by atoms with Crippen LogP contribution in [0.1, 0.15) is 15.9 Å². The second-order valence-corrected chi connectivity index (χ2v) is 7.17. The molecule has 0 bridgehead atoms. The number of carbonyl (C=O) groups is 1. The maximum atomic E-state index is 12.2. The number of benzene rings is 2. The van der Waals surface area contributed by atoms with Crippen molar-refractivity contribution in [2.45, 2.75) is 6.92 Å². The number of halogens is 2. The molecule has 3 rings (SSSR count). The molecule has 0 saturated heterocycles. The molecule has 3 N–H and O–H groups in total. The van der Waals surface area contributed by atoms with Crippen molar-refractivity contribution in [3.63, 3.8) is 0 Å². The van der Waals surface area contributed by atoms with Gasteiger partial charge in [0, 0.05) is 20.7 Å². The van der Waals surface area contributed by atoms with Crippen LogP contribution in [0.25, 0.3) is 0 Å². The molecule has 0 aliphatic rings. The molecule has 148 valence electrons. The first kappa shape index (κ1) is 20.5. The van der Waals surface area contributed by atoms with Crippen LogP contribution in [0.15, 0.2) is 53.3 Å². The van der Waals surface area contributed by atoms with Gasteiger partial charge in [-0.1, -0.05) is 33.6 Å². The SMILES string of the molecule is Cc1ccc(Nc2ncnc(NNC(=O)c3ccc(Br)cc3)c2[N+](=O)[O-])cc1Cl. The number of hydrazine groups is 1. The first-order valence-corrected chi connectivity index (χ1v) is 9.36. The fraction of sp³-hybridized carbons (Fsp3) is 0.0556. The smallest absolute Gasteiger partial charge is 0.334 e. The topological polar surface area (TPSA) is 122 Å². The number of hydrogen-bond donors (Lipinski definition) is 3. The van der Waals surface area contributed by atoms with Crippen molar-refractivity contribution in [1.82, 2.24) is 15.4 Å². The summed E-state index contributed by atoms with van der Waals surface area (Å²) in [7, 11) is 0. The highest BCUT2D eigenvalue weighted by Crippen LogP contribution is 2.31. The van der Waals surface area contributed by atoms with Crippen molar-refractivity contribution in [2.75, 3.05) is 10.7 Å². The Bertz CT molecular complexity index is 1080. The quantitative estimate of drug-likeness (QED) is 0.350. The highest BCUT2D eigenvalue weighted by Gasteiger charge is 2.24. The van der Waals surface area contributed by atoms with Gasteiger partial charge in [-0.2, -0.15) is 0 Å². The lowest BCUT2D eigenvalue weighted by Gasteiger charge is -2.11. The van der Waals surface area contributed by atoms with Gasteiger partial charge >= 0.3 is 5.69 Å². The van der Waals surface area contributed by atoms with Gasteiger partial charge in [0.15, 0.2) is 0 Å². The Balaban J connectivity index is 1.82. The number of aryl methyl sites for hydroxylation is 1. The molecule has 9 nitrogen and oxygen atoms in total. The van der Waals surface area contributed by atoms with Gasteiger partial charge in [0.2, 0.25) is 11.6 Å². The summed E-state index contributed by atoms with van der Waals surface area (Å²) in [6.45, 7) is 1.84. The van der Waals surface area contributed by atoms with E-state index in [9.17, 15) is 14.9 Å². The molecule has 0 atom stereocenters. The summed E-state index contributed by atoms with van der Waals surface area (Å²) in [5.74, 6) is -0.702. The monoisotopic (exact) mass is 476 g/mol. The second-order valence-electron chi connectivity index (χ2n) is 5.85. The predicted molar refractivity (Wildman–Crippen MR) is 113 cm³/mol. The third-order valence-electron chi connectivity index (χ3n) is 3.84. The van der Waals surface area contributed by atoms with Crippen molar-refractivity contribution in [1.29, 1.82) is 0 Å². The fourth-order valence-electron chi connectivity index (χ4n) is 2.33. The zero-order valence-corrected chi connectivity index (χ0v) is 17.3. The highest BCUT2D eigenvalue weighted by atomic mass is 79.9. The third-order valence-corrected chi connectivity index (χ3v) is 4.78. The van der Waals surface area contributed by atoms with E-state index in [-0.39, 0.29) is 11.6 Å². The summed E-state index contributed by atoms with van der Waals surface area (Å²) in [5.41, 5.74) is 6.20. The normalized spacial score (nSPS) is 10.3. The molecular formula is C18H14BrClN6O3. The number of nitrogens with zero attached hydrogens (tertiary/aromatic N) is 3. The van der Waals surface area contributed by atoms with Crippen LogP contribution in [-0.4, -0.2) is 20.8 Å². The molecule has 0 aliphatic carbocycles. The number of amides is 1. The first-order chi connectivity index (χ1) is 13.8. The lowest BCUT2D eigenvalue weighted by Crippen LogP contribution is -2.30. The summed E-state index contributed by atoms with van der Waals surface area (Å²) in [4.78, 5) is 31.0. The number of aromatic nitrogens is 2. The van der Waals surface area contributed by atoms with E-state index >= 15 is 0 Å². The largest absolute Gasteiger partial charge is 0.355 e. The average molecular weight is 478 g/mol. The first-order valence-electron chi connectivity index (χ1n) is 8.19. The van der Waals surface area contributed by atoms with Gasteiger partial charge in [0.1, 0.15) is 6.33 Å². The van der Waals surface area contributed by atoms with E-state index in [0.717, 1.165) is 16.4 Å². The van der Waals surface area contributed by atoms with E-state index in [1.807, 2.05) is 6.92 Å². The van der Waals surface area contributed by atoms with E-state index in [1.54, 1.807) is 42.5 Å². The van der Waals surface area contributed by atoms with Crippen LogP contribution < -0.4 is 16.2 Å². The average Bonchev–Trinajstić information content (AvgIpc) is 2.69. The highest BCUT2D eigenvalue weighted by molar-refractivity contribution is 9.10. The summed E-state index contributed by atoms with van der Waals surface area (Å²) < 4.78 is 0.820. The molecule has 11 heteroatoms. The van der Waals surface area contributed by atoms with Gasteiger partial charge in [0.05, 0.1) is 4.92 Å². The zero-order valence-electron chi connectivity index (χ0n) is 14.9. The van der Waals surface area contributed by atoms with E-state index in [4.69, 9.17) is 11.6 Å². The third kappa shape index (κ3) is 4.98. The molecular weight excluding hydrogens is 464 g/mol. The van der Waals surface area contributed by atoms with Crippen LogP contribution in [0.5, 0.6) is 0 Å². The van der Waals surface area contributed by atoms with Crippen molar-refractivity contribution in [3.8, 4) is 0 Å². The second kappa shape index (κ2) is 8.84. The molecule has 0 radical (unpaired) electrons. The Hall–Kier alpha value is -3.24. The molecule has 0 spiro atoms. The van der Waals surface area contributed by atoms with Crippen molar-refractivity contribution >= 4 is 56.4 Å². The number of hydrogen-bond acceptors (Lipinski definition) is 7. The maximum Gasteiger partial charge on any atom is 0.355 e. The van der Waals surface area contributed by atoms with Gasteiger partial charge in [-0.25, -0.2) is 9.97 Å². The number of carbonyl (C=O) groups excluding carboxylic acids is 1. The van der Waals surface area contributed by atoms with E-state index < -0.39 is 16.5 Å². The Kier molecular flexibility index (Phi) is 6.25. The molecule has 0 saturated carbocycles. The molecule has 29 heavy (non-hydrogen) atoms. The van der Waals surface area contributed by atoms with Crippen LogP contribution in [-0.2, 0) is 0 Å². The van der Waals surface area contributed by atoms with Crippen molar-refractivity contribution in [3.05, 3.63) is 79.5 Å². The van der Waals surface area contributed by atoms with Crippen LogP contribution in [0.4, 0.5) is 23.0 Å². The van der Waals surface area contributed by atoms with E-state index in [1.165, 1.54) is 0 Å². The number of anilines is 3. The Labute approximate surface area is 178 Å². The Morgan fingerprint density at radius 2 is 1.83 bits per heavy atom. The molecule has 1 heterocycles. The van der Waals surface area contributed by atoms with Crippen LogP contribution in [0.3, 0.4) is 0 Å². The zero-order chi connectivity index (χ0) is 21.0. The number of nitro groups is 1. The minimum atomic E-state index is -0.647. The number of nitrogens with one attached hydrogen (secondary N) is 3. The number of rotatable bonds is 6. The molecule has 0 unspecified atom stereocenters. The molecule has 2 aromatic carbocycles. The minimum Gasteiger partial charge on any atom is -0.334 e. The maximum absolute atomic E-state index is 12.2. The molecule has 1 amide bonds. The van der Waals surface area contributed by atoms with Gasteiger partial charge < -0.3 is 5.32 Å². The van der Waals surface area contributed by atoms with Gasteiger partial charge in [0.25, 0.3) is 5.91 Å². The molecule has 0 fully saturated rings. The van der Waals surface area contributed by atoms with Crippen LogP contribution >= 0.6 is 27.5 Å². The molecule has 0 aliphatic heterocycles. The van der Waals surface area contributed by atoms with Gasteiger partial charge in [-0.15, -0.1) is 0 Å². The summed E-state index contributed by atoms with van der Waals surface area (Å²) in [5, 5.41) is 15.0. The fourth-order valence-corrected chi connectivity index (χ4v) is 2.78. The Morgan fingerprint density at radius 1 is 1.14 bits per heavy atom. The Morgan fingerprint density at radius 3 is 2.48 bits per heavy atom. The van der Waals surface area contributed by atoms with Crippen molar-refractivity contribution < 1.29 is 9.72 Å². The van der Waals surface area contributed by atoms with Gasteiger partial charge in [-0.05, 0) is 48.9 Å². The lowest BCUT2D eigenvalue weighted by atomic mass is 10.2. The molecule has 3 aromatic rings. The van der Waals surface area contributed by atoms with E-state index in [0.29, 0.717) is 16.3 Å². The van der Waals surface area contributed by atoms with E-state index in [2.05, 4.69) is 42.1 Å².